The Labute approximate surface area is 206 Å². The fourth-order valence-corrected chi connectivity index (χ4v) is 5.30. The van der Waals surface area contributed by atoms with Crippen LogP contribution in [0.15, 0.2) is 42.5 Å². The number of non-ortho nitro benzene ring substituents is 1. The van der Waals surface area contributed by atoms with Gasteiger partial charge in [-0.25, -0.2) is 0 Å². The Morgan fingerprint density at radius 2 is 1.80 bits per heavy atom. The van der Waals surface area contributed by atoms with Crippen molar-refractivity contribution in [2.45, 2.75) is 6.18 Å². The smallest absolute Gasteiger partial charge is 0.335 e. The molecule has 184 valence electrons. The summed E-state index contributed by atoms with van der Waals surface area (Å²) in [6.45, 7) is 1.13. The van der Waals surface area contributed by atoms with Gasteiger partial charge in [-0.15, -0.1) is 11.3 Å². The van der Waals surface area contributed by atoms with Gasteiger partial charge >= 0.3 is 6.18 Å². The van der Waals surface area contributed by atoms with E-state index in [1.807, 2.05) is 0 Å². The Bertz CT molecular complexity index is 1310. The van der Waals surface area contributed by atoms with Crippen LogP contribution in [0.3, 0.4) is 0 Å². The van der Waals surface area contributed by atoms with Gasteiger partial charge in [0.15, 0.2) is 0 Å². The van der Waals surface area contributed by atoms with Gasteiger partial charge in [0.1, 0.15) is 4.88 Å². The zero-order valence-electron chi connectivity index (χ0n) is 18.0. The summed E-state index contributed by atoms with van der Waals surface area (Å²) in [4.78, 5) is 39.4. The van der Waals surface area contributed by atoms with E-state index in [4.69, 9.17) is 11.6 Å². The molecule has 0 aliphatic carbocycles. The van der Waals surface area contributed by atoms with Crippen molar-refractivity contribution in [3.63, 3.8) is 0 Å². The standard InChI is InChI=1S/C22H18ClF3N4O4S/c23-19-14-6-5-13(30(33)34)11-17(14)35-20(19)21(32)29-9-7-28(8-10-29)12-18(31)27-16-4-2-1-3-15(16)22(24,25)26/h1-6,11H,7-10,12H2,(H,27,31). The number of piperazine rings is 1. The first-order valence-electron chi connectivity index (χ1n) is 10.4. The molecule has 0 unspecified atom stereocenters. The van der Waals surface area contributed by atoms with E-state index < -0.39 is 22.6 Å². The van der Waals surface area contributed by atoms with Gasteiger partial charge in [-0.1, -0.05) is 23.7 Å². The number of benzene rings is 2. The maximum Gasteiger partial charge on any atom is 0.418 e. The van der Waals surface area contributed by atoms with Gasteiger partial charge < -0.3 is 10.2 Å². The molecule has 0 spiro atoms. The second-order valence-corrected chi connectivity index (χ2v) is 9.27. The minimum absolute atomic E-state index is 0.0980. The Kier molecular flexibility index (Phi) is 6.97. The van der Waals surface area contributed by atoms with Crippen LogP contribution < -0.4 is 5.32 Å². The van der Waals surface area contributed by atoms with Crippen LogP contribution in [0.2, 0.25) is 5.02 Å². The molecule has 4 rings (SSSR count). The molecule has 0 saturated carbocycles. The van der Waals surface area contributed by atoms with E-state index >= 15 is 0 Å². The summed E-state index contributed by atoms with van der Waals surface area (Å²) in [6, 6.07) is 8.96. The van der Waals surface area contributed by atoms with Crippen LogP contribution in [0.5, 0.6) is 0 Å². The van der Waals surface area contributed by atoms with Gasteiger partial charge in [0.05, 0.1) is 27.7 Å². The number of para-hydroxylation sites is 1. The highest BCUT2D eigenvalue weighted by atomic mass is 35.5. The molecule has 0 atom stereocenters. The van der Waals surface area contributed by atoms with E-state index in [1.165, 1.54) is 36.4 Å². The van der Waals surface area contributed by atoms with Crippen LogP contribution in [-0.4, -0.2) is 59.3 Å². The predicted molar refractivity (Wildman–Crippen MR) is 126 cm³/mol. The number of hydrogen-bond donors (Lipinski definition) is 1. The summed E-state index contributed by atoms with van der Waals surface area (Å²) in [6.07, 6.45) is -4.59. The number of nitrogens with one attached hydrogen (secondary N) is 1. The molecule has 2 heterocycles. The lowest BCUT2D eigenvalue weighted by atomic mass is 10.1. The third kappa shape index (κ3) is 5.39. The minimum atomic E-state index is -4.59. The number of carbonyl (C=O) groups excluding carboxylic acids is 2. The van der Waals surface area contributed by atoms with Gasteiger partial charge in [0.2, 0.25) is 5.91 Å². The third-order valence-corrected chi connectivity index (χ3v) is 7.20. The normalized spacial score (nSPS) is 14.8. The number of hydrogen-bond acceptors (Lipinski definition) is 6. The molecule has 1 aromatic heterocycles. The number of nitro benzene ring substituents is 1. The van der Waals surface area contributed by atoms with Crippen LogP contribution in [-0.2, 0) is 11.0 Å². The summed E-state index contributed by atoms with van der Waals surface area (Å²) in [5, 5.41) is 14.1. The van der Waals surface area contributed by atoms with Crippen molar-refractivity contribution < 1.29 is 27.7 Å². The zero-order valence-corrected chi connectivity index (χ0v) is 19.5. The highest BCUT2D eigenvalue weighted by Crippen LogP contribution is 2.38. The average molecular weight is 527 g/mol. The van der Waals surface area contributed by atoms with Crippen molar-refractivity contribution in [1.82, 2.24) is 9.80 Å². The number of halogens is 4. The van der Waals surface area contributed by atoms with Crippen LogP contribution in [0.4, 0.5) is 24.5 Å². The van der Waals surface area contributed by atoms with E-state index in [0.717, 1.165) is 17.4 Å². The number of amides is 2. The number of alkyl halides is 3. The second-order valence-electron chi connectivity index (χ2n) is 7.84. The summed E-state index contributed by atoms with van der Waals surface area (Å²) in [5.41, 5.74) is -1.33. The summed E-state index contributed by atoms with van der Waals surface area (Å²) >= 11 is 7.45. The van der Waals surface area contributed by atoms with E-state index in [2.05, 4.69) is 5.32 Å². The maximum absolute atomic E-state index is 13.1. The molecule has 0 radical (unpaired) electrons. The maximum atomic E-state index is 13.1. The molecule has 3 aromatic rings. The molecule has 0 bridgehead atoms. The van der Waals surface area contributed by atoms with E-state index in [9.17, 15) is 32.9 Å². The first-order chi connectivity index (χ1) is 16.5. The number of rotatable bonds is 5. The Morgan fingerprint density at radius 3 is 2.46 bits per heavy atom. The molecule has 2 aromatic carbocycles. The predicted octanol–water partition coefficient (Wildman–Crippen LogP) is 4.88. The molecule has 1 fully saturated rings. The highest BCUT2D eigenvalue weighted by molar-refractivity contribution is 7.21. The Hall–Kier alpha value is -3.22. The summed E-state index contributed by atoms with van der Waals surface area (Å²) in [5.74, 6) is -0.905. The fraction of sp³-hybridized carbons (Fsp3) is 0.273. The topological polar surface area (TPSA) is 95.8 Å². The van der Waals surface area contributed by atoms with Crippen molar-refractivity contribution in [2.75, 3.05) is 38.0 Å². The molecule has 8 nitrogen and oxygen atoms in total. The minimum Gasteiger partial charge on any atom is -0.335 e. The number of nitrogens with zero attached hydrogens (tertiary/aromatic N) is 3. The molecule has 1 saturated heterocycles. The fourth-order valence-electron chi connectivity index (χ4n) is 3.79. The zero-order chi connectivity index (χ0) is 25.3. The number of carbonyl (C=O) groups is 2. The average Bonchev–Trinajstić information content (AvgIpc) is 3.14. The largest absolute Gasteiger partial charge is 0.418 e. The van der Waals surface area contributed by atoms with E-state index in [-0.39, 0.29) is 46.8 Å². The number of anilines is 1. The second kappa shape index (κ2) is 9.80. The lowest BCUT2D eigenvalue weighted by Gasteiger charge is -2.34. The Balaban J connectivity index is 1.37. The Morgan fingerprint density at radius 1 is 1.11 bits per heavy atom. The van der Waals surface area contributed by atoms with Gasteiger partial charge in [-0.05, 0) is 18.2 Å². The van der Waals surface area contributed by atoms with Gasteiger partial charge in [-0.3, -0.25) is 24.6 Å². The number of fused-ring (bicyclic) bond motifs is 1. The van der Waals surface area contributed by atoms with E-state index in [0.29, 0.717) is 23.2 Å². The molecular formula is C22H18ClF3N4O4S. The SMILES string of the molecule is O=C(CN1CCN(C(=O)c2sc3cc([N+](=O)[O-])ccc3c2Cl)CC1)Nc1ccccc1C(F)(F)F. The molecule has 2 amide bonds. The molecule has 1 N–H and O–H groups in total. The first kappa shape index (κ1) is 24.9. The van der Waals surface area contributed by atoms with Crippen LogP contribution in [0, 0.1) is 10.1 Å². The van der Waals surface area contributed by atoms with Crippen molar-refractivity contribution in [3.8, 4) is 0 Å². The summed E-state index contributed by atoms with van der Waals surface area (Å²) < 4.78 is 39.9. The molecule has 1 aliphatic heterocycles. The summed E-state index contributed by atoms with van der Waals surface area (Å²) in [7, 11) is 0. The molecule has 1 aliphatic rings. The van der Waals surface area contributed by atoms with Gasteiger partial charge in [0.25, 0.3) is 11.6 Å². The van der Waals surface area contributed by atoms with Crippen LogP contribution >= 0.6 is 22.9 Å². The van der Waals surface area contributed by atoms with Crippen LogP contribution in [0.25, 0.3) is 10.1 Å². The van der Waals surface area contributed by atoms with E-state index in [1.54, 1.807) is 9.80 Å². The highest BCUT2D eigenvalue weighted by Gasteiger charge is 2.34. The monoisotopic (exact) mass is 526 g/mol. The molecular weight excluding hydrogens is 509 g/mol. The quantitative estimate of drug-likeness (QED) is 0.378. The number of thiophene rings is 1. The van der Waals surface area contributed by atoms with Gasteiger partial charge in [-0.2, -0.15) is 13.2 Å². The van der Waals surface area contributed by atoms with Crippen molar-refractivity contribution in [2.24, 2.45) is 0 Å². The van der Waals surface area contributed by atoms with Crippen molar-refractivity contribution in [1.29, 1.82) is 0 Å². The van der Waals surface area contributed by atoms with Crippen molar-refractivity contribution in [3.05, 3.63) is 68.0 Å². The van der Waals surface area contributed by atoms with Crippen molar-refractivity contribution >= 4 is 56.2 Å². The first-order valence-corrected chi connectivity index (χ1v) is 11.6. The third-order valence-electron chi connectivity index (χ3n) is 5.55. The van der Waals surface area contributed by atoms with Gasteiger partial charge in [0, 0.05) is 48.4 Å². The molecule has 13 heteroatoms. The number of nitro groups is 1. The lowest BCUT2D eigenvalue weighted by Crippen LogP contribution is -2.50. The van der Waals surface area contributed by atoms with Crippen LogP contribution in [0.1, 0.15) is 15.2 Å². The lowest BCUT2D eigenvalue weighted by molar-refractivity contribution is -0.384. The molecule has 35 heavy (non-hydrogen) atoms.